The van der Waals surface area contributed by atoms with Crippen LogP contribution in [0, 0.1) is 11.7 Å². The van der Waals surface area contributed by atoms with Crippen LogP contribution in [0.3, 0.4) is 0 Å². The molecule has 1 fully saturated rings. The van der Waals surface area contributed by atoms with Gasteiger partial charge in [-0.1, -0.05) is 18.2 Å². The van der Waals surface area contributed by atoms with E-state index in [1.54, 1.807) is 39.0 Å². The van der Waals surface area contributed by atoms with Gasteiger partial charge in [-0.25, -0.2) is 14.0 Å². The minimum absolute atomic E-state index is 0.111. The fourth-order valence-electron chi connectivity index (χ4n) is 2.80. The monoisotopic (exact) mass is 323 g/mol. The first-order valence-electron chi connectivity index (χ1n) is 7.63. The molecule has 1 aromatic rings. The van der Waals surface area contributed by atoms with E-state index in [1.165, 1.54) is 11.0 Å². The third kappa shape index (κ3) is 4.43. The van der Waals surface area contributed by atoms with Crippen LogP contribution in [0.1, 0.15) is 32.8 Å². The molecule has 126 valence electrons. The molecule has 1 aliphatic heterocycles. The number of likely N-dealkylation sites (tertiary alicyclic amines) is 1. The molecule has 0 spiro atoms. The predicted molar refractivity (Wildman–Crippen MR) is 82.6 cm³/mol. The number of amides is 1. The molecule has 0 radical (unpaired) electrons. The normalized spacial score (nSPS) is 21.3. The van der Waals surface area contributed by atoms with Crippen molar-refractivity contribution < 1.29 is 23.8 Å². The maximum absolute atomic E-state index is 13.8. The first-order chi connectivity index (χ1) is 10.7. The molecule has 5 nitrogen and oxygen atoms in total. The number of ether oxygens (including phenoxy) is 1. The summed E-state index contributed by atoms with van der Waals surface area (Å²) in [6.45, 7) is 5.44. The highest BCUT2D eigenvalue weighted by Crippen LogP contribution is 2.29. The van der Waals surface area contributed by atoms with Crippen LogP contribution in [0.15, 0.2) is 24.3 Å². The van der Waals surface area contributed by atoms with Crippen LogP contribution in [-0.4, -0.2) is 40.3 Å². The zero-order valence-electron chi connectivity index (χ0n) is 13.6. The van der Waals surface area contributed by atoms with E-state index < -0.39 is 23.7 Å². The molecule has 1 N–H and O–H groups in total. The molecule has 2 rings (SSSR count). The van der Waals surface area contributed by atoms with Crippen molar-refractivity contribution in [1.82, 2.24) is 4.90 Å². The van der Waals surface area contributed by atoms with Crippen molar-refractivity contribution in [3.05, 3.63) is 35.6 Å². The first-order valence-corrected chi connectivity index (χ1v) is 7.63. The van der Waals surface area contributed by atoms with E-state index in [1.807, 2.05) is 0 Å². The fraction of sp³-hybridized carbons (Fsp3) is 0.529. The van der Waals surface area contributed by atoms with Crippen LogP contribution in [-0.2, 0) is 16.0 Å². The number of rotatable bonds is 3. The molecule has 23 heavy (non-hydrogen) atoms. The fourth-order valence-corrected chi connectivity index (χ4v) is 2.80. The summed E-state index contributed by atoms with van der Waals surface area (Å²) < 4.78 is 19.0. The van der Waals surface area contributed by atoms with E-state index in [9.17, 15) is 19.1 Å². The van der Waals surface area contributed by atoms with Gasteiger partial charge in [-0.3, -0.25) is 4.90 Å². The van der Waals surface area contributed by atoms with Gasteiger partial charge in [-0.05, 0) is 51.2 Å². The lowest BCUT2D eigenvalue weighted by Crippen LogP contribution is -2.43. The van der Waals surface area contributed by atoms with E-state index in [0.717, 1.165) is 0 Å². The minimum atomic E-state index is -1.06. The number of hydrogen-bond acceptors (Lipinski definition) is 3. The number of carboxylic acid groups (broad SMARTS) is 1. The van der Waals surface area contributed by atoms with Crippen molar-refractivity contribution in [1.29, 1.82) is 0 Å². The smallest absolute Gasteiger partial charge is 0.411 e. The summed E-state index contributed by atoms with van der Waals surface area (Å²) in [5, 5.41) is 9.35. The van der Waals surface area contributed by atoms with Gasteiger partial charge in [0.2, 0.25) is 0 Å². The summed E-state index contributed by atoms with van der Waals surface area (Å²) in [5.74, 6) is -1.48. The molecule has 0 aliphatic carbocycles. The molecule has 2 atom stereocenters. The molecular formula is C17H22FNO4. The van der Waals surface area contributed by atoms with Crippen molar-refractivity contribution in [3.8, 4) is 0 Å². The second kappa shape index (κ2) is 6.56. The van der Waals surface area contributed by atoms with Crippen molar-refractivity contribution >= 4 is 12.1 Å². The summed E-state index contributed by atoms with van der Waals surface area (Å²) in [6, 6.07) is 5.49. The Labute approximate surface area is 135 Å². The highest BCUT2D eigenvalue weighted by Gasteiger charge is 2.41. The summed E-state index contributed by atoms with van der Waals surface area (Å²) in [5.41, 5.74) is -0.156. The lowest BCUT2D eigenvalue weighted by Gasteiger charge is -2.26. The average Bonchev–Trinajstić information content (AvgIpc) is 2.84. The number of nitrogens with zero attached hydrogens (tertiary/aromatic N) is 1. The average molecular weight is 323 g/mol. The van der Waals surface area contributed by atoms with Gasteiger partial charge in [-0.15, -0.1) is 0 Å². The van der Waals surface area contributed by atoms with E-state index >= 15 is 0 Å². The topological polar surface area (TPSA) is 66.8 Å². The Kier molecular flexibility index (Phi) is 4.92. The van der Waals surface area contributed by atoms with Crippen LogP contribution in [0.25, 0.3) is 0 Å². The van der Waals surface area contributed by atoms with Gasteiger partial charge in [0, 0.05) is 6.54 Å². The van der Waals surface area contributed by atoms with E-state index in [2.05, 4.69) is 0 Å². The third-order valence-corrected chi connectivity index (χ3v) is 3.77. The van der Waals surface area contributed by atoms with Crippen molar-refractivity contribution in [2.45, 2.75) is 45.3 Å². The number of aliphatic carboxylic acids is 1. The molecule has 1 unspecified atom stereocenters. The lowest BCUT2D eigenvalue weighted by molar-refractivity contribution is -0.142. The number of carboxylic acids is 1. The molecule has 1 saturated heterocycles. The van der Waals surface area contributed by atoms with E-state index in [4.69, 9.17) is 4.74 Å². The molecular weight excluding hydrogens is 301 g/mol. The maximum atomic E-state index is 13.8. The van der Waals surface area contributed by atoms with Crippen LogP contribution >= 0.6 is 0 Å². The van der Waals surface area contributed by atoms with Gasteiger partial charge in [0.15, 0.2) is 0 Å². The standard InChI is InChI=1S/C17H22FNO4/c1-17(2,3)23-16(22)19-10-11(9-14(19)15(20)21)8-12-6-4-5-7-13(12)18/h4-7,11,14H,8-10H2,1-3H3,(H,20,21)/t11?,14-/m1/s1. The van der Waals surface area contributed by atoms with Crippen LogP contribution in [0.4, 0.5) is 9.18 Å². The molecule has 1 aliphatic rings. The SMILES string of the molecule is CC(C)(C)OC(=O)N1CC(Cc2ccccc2F)C[C@@H]1C(=O)O. The first kappa shape index (κ1) is 17.2. The Morgan fingerprint density at radius 1 is 1.35 bits per heavy atom. The molecule has 1 heterocycles. The number of carbonyl (C=O) groups is 2. The summed E-state index contributed by atoms with van der Waals surface area (Å²) in [4.78, 5) is 24.9. The Bertz CT molecular complexity index is 597. The predicted octanol–water partition coefficient (Wildman–Crippen LogP) is 3.08. The zero-order valence-corrected chi connectivity index (χ0v) is 13.6. The van der Waals surface area contributed by atoms with Gasteiger partial charge in [-0.2, -0.15) is 0 Å². The van der Waals surface area contributed by atoms with Gasteiger partial charge >= 0.3 is 12.1 Å². The van der Waals surface area contributed by atoms with Crippen molar-refractivity contribution in [2.75, 3.05) is 6.54 Å². The summed E-state index contributed by atoms with van der Waals surface area (Å²) in [7, 11) is 0. The zero-order chi connectivity index (χ0) is 17.2. The Morgan fingerprint density at radius 2 is 2.00 bits per heavy atom. The van der Waals surface area contributed by atoms with Gasteiger partial charge in [0.25, 0.3) is 0 Å². The minimum Gasteiger partial charge on any atom is -0.480 e. The highest BCUT2D eigenvalue weighted by atomic mass is 19.1. The molecule has 0 saturated carbocycles. The number of hydrogen-bond donors (Lipinski definition) is 1. The Hall–Kier alpha value is -2.11. The quantitative estimate of drug-likeness (QED) is 0.928. The molecule has 0 bridgehead atoms. The van der Waals surface area contributed by atoms with Gasteiger partial charge in [0.1, 0.15) is 17.5 Å². The Morgan fingerprint density at radius 3 is 2.57 bits per heavy atom. The molecule has 0 aromatic heterocycles. The van der Waals surface area contributed by atoms with Gasteiger partial charge in [0.05, 0.1) is 0 Å². The molecule has 1 amide bonds. The lowest BCUT2D eigenvalue weighted by atomic mass is 9.96. The van der Waals surface area contributed by atoms with Crippen molar-refractivity contribution in [3.63, 3.8) is 0 Å². The molecule has 6 heteroatoms. The van der Waals surface area contributed by atoms with Crippen molar-refractivity contribution in [2.24, 2.45) is 5.92 Å². The molecule has 1 aromatic carbocycles. The van der Waals surface area contributed by atoms with Gasteiger partial charge < -0.3 is 9.84 Å². The summed E-state index contributed by atoms with van der Waals surface area (Å²) in [6.07, 6.45) is 0.0551. The summed E-state index contributed by atoms with van der Waals surface area (Å²) >= 11 is 0. The highest BCUT2D eigenvalue weighted by molar-refractivity contribution is 5.81. The van der Waals surface area contributed by atoms with E-state index in [-0.39, 0.29) is 18.3 Å². The Balaban J connectivity index is 2.10. The van der Waals surface area contributed by atoms with Crippen LogP contribution in [0.2, 0.25) is 0 Å². The van der Waals surface area contributed by atoms with Crippen LogP contribution < -0.4 is 0 Å². The number of halogens is 1. The van der Waals surface area contributed by atoms with Crippen LogP contribution in [0.5, 0.6) is 0 Å². The second-order valence-electron chi connectivity index (χ2n) is 6.88. The third-order valence-electron chi connectivity index (χ3n) is 3.77. The maximum Gasteiger partial charge on any atom is 0.411 e. The van der Waals surface area contributed by atoms with E-state index in [0.29, 0.717) is 18.4 Å². The second-order valence-corrected chi connectivity index (χ2v) is 6.88. The largest absolute Gasteiger partial charge is 0.480 e. The number of carbonyl (C=O) groups excluding carboxylic acids is 1. The number of benzene rings is 1.